The van der Waals surface area contributed by atoms with Crippen LogP contribution in [-0.2, 0) is 14.4 Å². The van der Waals surface area contributed by atoms with Crippen molar-refractivity contribution >= 4 is 29.1 Å². The van der Waals surface area contributed by atoms with E-state index in [1.54, 1.807) is 23.1 Å². The molecule has 1 aromatic rings. The second-order valence-corrected chi connectivity index (χ2v) is 4.57. The molecule has 2 N–H and O–H groups in total. The average molecular weight is 291 g/mol. The van der Waals surface area contributed by atoms with E-state index in [1.807, 2.05) is 0 Å². The summed E-state index contributed by atoms with van der Waals surface area (Å²) in [5, 5.41) is 4.70. The number of carbonyl (C=O) groups excluding carboxylic acids is 3. The summed E-state index contributed by atoms with van der Waals surface area (Å²) < 4.78 is 5.27. The molecule has 1 saturated heterocycles. The van der Waals surface area contributed by atoms with Gasteiger partial charge in [-0.25, -0.2) is 0 Å². The fourth-order valence-corrected chi connectivity index (χ4v) is 2.18. The predicted octanol–water partition coefficient (Wildman–Crippen LogP) is 0.506. The van der Waals surface area contributed by atoms with Crippen LogP contribution in [-0.4, -0.2) is 38.4 Å². The molecule has 1 aliphatic heterocycles. The maximum Gasteiger partial charge on any atom is 0.313 e. The van der Waals surface area contributed by atoms with Crippen molar-refractivity contribution in [3.8, 4) is 5.75 Å². The van der Waals surface area contributed by atoms with Gasteiger partial charge in [0, 0.05) is 31.8 Å². The van der Waals surface area contributed by atoms with Crippen molar-refractivity contribution in [2.75, 3.05) is 30.9 Å². The fraction of sp³-hybridized carbons (Fsp3) is 0.357. The maximum atomic E-state index is 11.8. The van der Waals surface area contributed by atoms with Crippen LogP contribution in [0, 0.1) is 0 Å². The van der Waals surface area contributed by atoms with E-state index < -0.39 is 11.8 Å². The van der Waals surface area contributed by atoms with Crippen molar-refractivity contribution in [2.45, 2.75) is 12.8 Å². The van der Waals surface area contributed by atoms with Crippen LogP contribution < -0.4 is 20.3 Å². The molecule has 7 heteroatoms. The largest absolute Gasteiger partial charge is 0.494 e. The van der Waals surface area contributed by atoms with Gasteiger partial charge in [0.1, 0.15) is 5.75 Å². The van der Waals surface area contributed by atoms with E-state index in [0.717, 1.165) is 6.42 Å². The van der Waals surface area contributed by atoms with Crippen molar-refractivity contribution in [3.63, 3.8) is 0 Å². The molecule has 0 unspecified atom stereocenters. The summed E-state index contributed by atoms with van der Waals surface area (Å²) in [7, 11) is 2.87. The summed E-state index contributed by atoms with van der Waals surface area (Å²) in [4.78, 5) is 36.1. The van der Waals surface area contributed by atoms with Gasteiger partial charge >= 0.3 is 11.8 Å². The van der Waals surface area contributed by atoms with Gasteiger partial charge in [-0.1, -0.05) is 0 Å². The number of nitrogens with zero attached hydrogens (tertiary/aromatic N) is 1. The first-order valence-electron chi connectivity index (χ1n) is 6.58. The third kappa shape index (κ3) is 3.13. The quantitative estimate of drug-likeness (QED) is 0.794. The number of likely N-dealkylation sites (N-methyl/N-ethyl adjacent to an activating group) is 1. The van der Waals surface area contributed by atoms with Gasteiger partial charge in [0.2, 0.25) is 5.91 Å². The van der Waals surface area contributed by atoms with Gasteiger partial charge in [0.05, 0.1) is 12.8 Å². The van der Waals surface area contributed by atoms with Gasteiger partial charge < -0.3 is 20.3 Å². The highest BCUT2D eigenvalue weighted by Gasteiger charge is 2.24. The molecule has 0 aliphatic carbocycles. The minimum absolute atomic E-state index is 0.0513. The molecule has 0 bridgehead atoms. The Morgan fingerprint density at radius 1 is 1.29 bits per heavy atom. The Kier molecular flexibility index (Phi) is 4.42. The third-order valence-electron chi connectivity index (χ3n) is 3.24. The molecule has 0 radical (unpaired) electrons. The molecule has 0 saturated carbocycles. The predicted molar refractivity (Wildman–Crippen MR) is 77.3 cm³/mol. The number of carbonyl (C=O) groups is 3. The monoisotopic (exact) mass is 291 g/mol. The molecule has 1 aromatic carbocycles. The van der Waals surface area contributed by atoms with Crippen LogP contribution in [0.3, 0.4) is 0 Å². The van der Waals surface area contributed by atoms with Crippen molar-refractivity contribution in [1.82, 2.24) is 5.32 Å². The van der Waals surface area contributed by atoms with Crippen molar-refractivity contribution in [1.29, 1.82) is 0 Å². The molecule has 112 valence electrons. The summed E-state index contributed by atoms with van der Waals surface area (Å²) >= 11 is 0. The van der Waals surface area contributed by atoms with Crippen LogP contribution in [0.5, 0.6) is 5.75 Å². The van der Waals surface area contributed by atoms with Crippen molar-refractivity contribution < 1.29 is 19.1 Å². The van der Waals surface area contributed by atoms with E-state index in [0.29, 0.717) is 30.1 Å². The summed E-state index contributed by atoms with van der Waals surface area (Å²) in [6, 6.07) is 4.91. The van der Waals surface area contributed by atoms with E-state index in [4.69, 9.17) is 4.74 Å². The second-order valence-electron chi connectivity index (χ2n) is 4.57. The first kappa shape index (κ1) is 14.8. The van der Waals surface area contributed by atoms with Crippen LogP contribution in [0.1, 0.15) is 12.8 Å². The van der Waals surface area contributed by atoms with Crippen LogP contribution >= 0.6 is 0 Å². The molecular formula is C14H17N3O4. The molecule has 7 nitrogen and oxygen atoms in total. The third-order valence-corrected chi connectivity index (χ3v) is 3.24. The molecule has 2 rings (SSSR count). The van der Waals surface area contributed by atoms with E-state index >= 15 is 0 Å². The Hall–Kier alpha value is -2.57. The lowest BCUT2D eigenvalue weighted by Gasteiger charge is -2.19. The van der Waals surface area contributed by atoms with E-state index in [1.165, 1.54) is 14.2 Å². The van der Waals surface area contributed by atoms with Gasteiger partial charge in [0.25, 0.3) is 0 Å². The van der Waals surface area contributed by atoms with Crippen molar-refractivity contribution in [3.05, 3.63) is 18.2 Å². The lowest BCUT2D eigenvalue weighted by Crippen LogP contribution is -2.32. The number of nitrogens with one attached hydrogen (secondary N) is 2. The molecule has 0 atom stereocenters. The first-order chi connectivity index (χ1) is 10.1. The number of rotatable bonds is 3. The molecule has 0 spiro atoms. The van der Waals surface area contributed by atoms with Crippen LogP contribution in [0.15, 0.2) is 18.2 Å². The van der Waals surface area contributed by atoms with E-state index in [-0.39, 0.29) is 5.91 Å². The standard InChI is InChI=1S/C14H17N3O4/c1-15-13(19)14(20)16-9-5-6-10(11(8-9)21-2)17-7-3-4-12(17)18/h5-6,8H,3-4,7H2,1-2H3,(H,15,19)(H,16,20). The lowest BCUT2D eigenvalue weighted by molar-refractivity contribution is -0.135. The number of benzene rings is 1. The highest BCUT2D eigenvalue weighted by molar-refractivity contribution is 6.39. The first-order valence-corrected chi connectivity index (χ1v) is 6.58. The van der Waals surface area contributed by atoms with Gasteiger partial charge in [-0.05, 0) is 18.6 Å². The zero-order valence-electron chi connectivity index (χ0n) is 11.9. The molecule has 0 aromatic heterocycles. The highest BCUT2D eigenvalue weighted by atomic mass is 16.5. The Bertz CT molecular complexity index is 586. The SMILES string of the molecule is CNC(=O)C(=O)Nc1ccc(N2CCCC2=O)c(OC)c1. The van der Waals surface area contributed by atoms with E-state index in [9.17, 15) is 14.4 Å². The zero-order valence-corrected chi connectivity index (χ0v) is 11.9. The summed E-state index contributed by atoms with van der Waals surface area (Å²) in [5.41, 5.74) is 1.09. The number of hydrogen-bond acceptors (Lipinski definition) is 4. The molecule has 1 heterocycles. The van der Waals surface area contributed by atoms with Crippen LogP contribution in [0.2, 0.25) is 0 Å². The normalized spacial score (nSPS) is 14.0. The summed E-state index contributed by atoms with van der Waals surface area (Å²) in [5.74, 6) is -0.965. The topological polar surface area (TPSA) is 87.7 Å². The number of hydrogen-bond donors (Lipinski definition) is 2. The minimum Gasteiger partial charge on any atom is -0.494 e. The van der Waals surface area contributed by atoms with Gasteiger partial charge in [-0.2, -0.15) is 0 Å². The second kappa shape index (κ2) is 6.25. The fourth-order valence-electron chi connectivity index (χ4n) is 2.18. The number of methoxy groups -OCH3 is 1. The molecular weight excluding hydrogens is 274 g/mol. The lowest BCUT2D eigenvalue weighted by atomic mass is 10.2. The van der Waals surface area contributed by atoms with Crippen LogP contribution in [0.25, 0.3) is 0 Å². The Balaban J connectivity index is 2.22. The van der Waals surface area contributed by atoms with E-state index in [2.05, 4.69) is 10.6 Å². The Labute approximate surface area is 122 Å². The number of ether oxygens (including phenoxy) is 1. The Morgan fingerprint density at radius 3 is 2.62 bits per heavy atom. The zero-order chi connectivity index (χ0) is 15.4. The maximum absolute atomic E-state index is 11.8. The molecule has 3 amide bonds. The van der Waals surface area contributed by atoms with Crippen LogP contribution in [0.4, 0.5) is 11.4 Å². The highest BCUT2D eigenvalue weighted by Crippen LogP contribution is 2.33. The molecule has 1 aliphatic rings. The molecule has 21 heavy (non-hydrogen) atoms. The Morgan fingerprint density at radius 2 is 2.05 bits per heavy atom. The van der Waals surface area contributed by atoms with Gasteiger partial charge in [-0.3, -0.25) is 14.4 Å². The smallest absolute Gasteiger partial charge is 0.313 e. The number of amides is 3. The summed E-state index contributed by atoms with van der Waals surface area (Å²) in [6.07, 6.45) is 1.34. The average Bonchev–Trinajstić information content (AvgIpc) is 2.92. The minimum atomic E-state index is -0.760. The number of anilines is 2. The van der Waals surface area contributed by atoms with Gasteiger partial charge in [0.15, 0.2) is 0 Å². The summed E-state index contributed by atoms with van der Waals surface area (Å²) in [6.45, 7) is 0.652. The van der Waals surface area contributed by atoms with Gasteiger partial charge in [-0.15, -0.1) is 0 Å². The molecule has 1 fully saturated rings. The van der Waals surface area contributed by atoms with Crippen molar-refractivity contribution in [2.24, 2.45) is 0 Å².